The van der Waals surface area contributed by atoms with Gasteiger partial charge < -0.3 is 5.32 Å². The van der Waals surface area contributed by atoms with E-state index in [-0.39, 0.29) is 24.9 Å². The van der Waals surface area contributed by atoms with E-state index in [0.717, 1.165) is 53.3 Å². The fourth-order valence-electron chi connectivity index (χ4n) is 4.19. The average Bonchev–Trinajstić information content (AvgIpc) is 2.68. The van der Waals surface area contributed by atoms with Crippen molar-refractivity contribution in [3.05, 3.63) is 60.2 Å². The fourth-order valence-corrected chi connectivity index (χ4v) is 4.19. The molecule has 6 heteroatoms. The molecule has 150 valence electrons. The van der Waals surface area contributed by atoms with Gasteiger partial charge in [-0.05, 0) is 39.6 Å². The van der Waals surface area contributed by atoms with Crippen molar-refractivity contribution in [3.8, 4) is 0 Å². The largest absolute Gasteiger partial charge is 0.389 e. The molecule has 1 N–H and O–H groups in total. The molecule has 28 heavy (non-hydrogen) atoms. The molecule has 2 nitrogen and oxygen atoms in total. The minimum Gasteiger partial charge on any atom is -0.314 e. The van der Waals surface area contributed by atoms with Gasteiger partial charge in [-0.25, -0.2) is 0 Å². The molecule has 1 heterocycles. The summed E-state index contributed by atoms with van der Waals surface area (Å²) >= 11 is 0. The van der Waals surface area contributed by atoms with Crippen molar-refractivity contribution in [3.63, 3.8) is 0 Å². The minimum atomic E-state index is -4.14. The molecule has 0 unspecified atom stereocenters. The Kier molecular flexibility index (Phi) is 6.48. The van der Waals surface area contributed by atoms with Gasteiger partial charge >= 0.3 is 6.18 Å². The van der Waals surface area contributed by atoms with Crippen LogP contribution < -0.4 is 5.32 Å². The summed E-state index contributed by atoms with van der Waals surface area (Å²) in [4.78, 5) is 2.21. The van der Waals surface area contributed by atoms with Gasteiger partial charge in [-0.2, -0.15) is 13.2 Å². The standard InChI is InChI=1S/C22H23F3N2.ClH/c23-22(24,25)10-9-21(27-13-11-26-12-14-27)20-15-16-5-1-2-6-17(16)18-7-3-4-8-19(18)20;/h1-8,15,21,26H,9-14H2;1H/t21-;/m0./s1. The number of nitrogens with zero attached hydrogens (tertiary/aromatic N) is 1. The Morgan fingerprint density at radius 1 is 0.893 bits per heavy atom. The summed E-state index contributed by atoms with van der Waals surface area (Å²) in [6.45, 7) is 3.16. The Morgan fingerprint density at radius 3 is 2.18 bits per heavy atom. The summed E-state index contributed by atoms with van der Waals surface area (Å²) in [6, 6.07) is 18.1. The van der Waals surface area contributed by atoms with E-state index in [1.165, 1.54) is 0 Å². The molecule has 0 aromatic heterocycles. The summed E-state index contributed by atoms with van der Waals surface area (Å²) < 4.78 is 39.1. The molecular weight excluding hydrogens is 385 g/mol. The molecule has 1 aliphatic heterocycles. The highest BCUT2D eigenvalue weighted by molar-refractivity contribution is 6.09. The normalized spacial score (nSPS) is 16.8. The van der Waals surface area contributed by atoms with Gasteiger partial charge in [-0.1, -0.05) is 48.5 Å². The molecule has 1 atom stereocenters. The van der Waals surface area contributed by atoms with E-state index in [1.54, 1.807) is 0 Å². The van der Waals surface area contributed by atoms with Crippen LogP contribution >= 0.6 is 12.4 Å². The summed E-state index contributed by atoms with van der Waals surface area (Å²) in [5.74, 6) is 0. The van der Waals surface area contributed by atoms with E-state index in [4.69, 9.17) is 0 Å². The van der Waals surface area contributed by atoms with Gasteiger partial charge in [0.05, 0.1) is 0 Å². The lowest BCUT2D eigenvalue weighted by Gasteiger charge is -2.36. The molecule has 1 fully saturated rings. The molecule has 4 rings (SSSR count). The smallest absolute Gasteiger partial charge is 0.314 e. The maximum absolute atomic E-state index is 13.0. The zero-order chi connectivity index (χ0) is 18.9. The topological polar surface area (TPSA) is 15.3 Å². The quantitative estimate of drug-likeness (QED) is 0.557. The molecule has 0 radical (unpaired) electrons. The lowest BCUT2D eigenvalue weighted by Crippen LogP contribution is -2.45. The van der Waals surface area contributed by atoms with Gasteiger partial charge in [-0.3, -0.25) is 4.90 Å². The van der Waals surface area contributed by atoms with Crippen LogP contribution in [0.15, 0.2) is 54.6 Å². The van der Waals surface area contributed by atoms with E-state index < -0.39 is 12.6 Å². The van der Waals surface area contributed by atoms with Gasteiger partial charge in [-0.15, -0.1) is 12.4 Å². The van der Waals surface area contributed by atoms with Crippen LogP contribution in [0.1, 0.15) is 24.4 Å². The van der Waals surface area contributed by atoms with Gasteiger partial charge in [0.1, 0.15) is 0 Å². The van der Waals surface area contributed by atoms with Crippen LogP contribution in [0.3, 0.4) is 0 Å². The molecule has 0 saturated carbocycles. The van der Waals surface area contributed by atoms with E-state index in [2.05, 4.69) is 28.4 Å². The Bertz CT molecular complexity index is 936. The second kappa shape index (κ2) is 8.68. The monoisotopic (exact) mass is 408 g/mol. The summed E-state index contributed by atoms with van der Waals surface area (Å²) in [6.07, 6.45) is -4.81. The van der Waals surface area contributed by atoms with Crippen LogP contribution in [-0.4, -0.2) is 37.3 Å². The molecule has 0 aliphatic carbocycles. The average molecular weight is 409 g/mol. The van der Waals surface area contributed by atoms with Gasteiger partial charge in [0.15, 0.2) is 0 Å². The van der Waals surface area contributed by atoms with Crippen molar-refractivity contribution < 1.29 is 13.2 Å². The van der Waals surface area contributed by atoms with E-state index in [0.29, 0.717) is 0 Å². The maximum Gasteiger partial charge on any atom is 0.389 e. The van der Waals surface area contributed by atoms with Crippen LogP contribution in [0.4, 0.5) is 13.2 Å². The second-order valence-corrected chi connectivity index (χ2v) is 7.19. The third-order valence-electron chi connectivity index (χ3n) is 5.45. The number of hydrogen-bond donors (Lipinski definition) is 1. The second-order valence-electron chi connectivity index (χ2n) is 7.19. The first-order valence-electron chi connectivity index (χ1n) is 9.45. The van der Waals surface area contributed by atoms with Crippen molar-refractivity contribution in [2.45, 2.75) is 25.1 Å². The van der Waals surface area contributed by atoms with Crippen LogP contribution in [-0.2, 0) is 0 Å². The molecule has 3 aromatic carbocycles. The van der Waals surface area contributed by atoms with Crippen LogP contribution in [0.25, 0.3) is 21.5 Å². The highest BCUT2D eigenvalue weighted by Gasteiger charge is 2.32. The van der Waals surface area contributed by atoms with Gasteiger partial charge in [0, 0.05) is 38.6 Å². The van der Waals surface area contributed by atoms with Crippen LogP contribution in [0, 0.1) is 0 Å². The van der Waals surface area contributed by atoms with Crippen LogP contribution in [0.2, 0.25) is 0 Å². The Hall–Kier alpha value is -1.82. The van der Waals surface area contributed by atoms with Crippen molar-refractivity contribution >= 4 is 34.0 Å². The molecule has 3 aromatic rings. The predicted octanol–water partition coefficient (Wildman–Crippen LogP) is 5.70. The Labute approximate surface area is 169 Å². The van der Waals surface area contributed by atoms with E-state index in [1.807, 2.05) is 36.4 Å². The molecular formula is C22H24ClF3N2. The zero-order valence-corrected chi connectivity index (χ0v) is 16.3. The number of piperazine rings is 1. The minimum absolute atomic E-state index is 0. The molecule has 0 amide bonds. The number of halogens is 4. The summed E-state index contributed by atoms with van der Waals surface area (Å²) in [5, 5.41) is 7.69. The van der Waals surface area contributed by atoms with Gasteiger partial charge in [0.25, 0.3) is 0 Å². The molecule has 0 bridgehead atoms. The Morgan fingerprint density at radius 2 is 1.50 bits per heavy atom. The van der Waals surface area contributed by atoms with E-state index in [9.17, 15) is 13.2 Å². The van der Waals surface area contributed by atoms with Crippen molar-refractivity contribution in [1.82, 2.24) is 10.2 Å². The first-order chi connectivity index (χ1) is 13.0. The number of alkyl halides is 3. The number of nitrogens with one attached hydrogen (secondary N) is 1. The fraction of sp³-hybridized carbons (Fsp3) is 0.364. The maximum atomic E-state index is 13.0. The predicted molar refractivity (Wildman–Crippen MR) is 111 cm³/mol. The third kappa shape index (κ3) is 4.43. The number of rotatable bonds is 4. The lowest BCUT2D eigenvalue weighted by molar-refractivity contribution is -0.138. The summed E-state index contributed by atoms with van der Waals surface area (Å²) in [7, 11) is 0. The van der Waals surface area contributed by atoms with Crippen molar-refractivity contribution in [2.24, 2.45) is 0 Å². The molecule has 1 aliphatic rings. The number of hydrogen-bond acceptors (Lipinski definition) is 2. The Balaban J connectivity index is 0.00000225. The summed E-state index contributed by atoms with van der Waals surface area (Å²) in [5.41, 5.74) is 1.01. The zero-order valence-electron chi connectivity index (χ0n) is 15.5. The molecule has 1 saturated heterocycles. The van der Waals surface area contributed by atoms with Gasteiger partial charge in [0.2, 0.25) is 0 Å². The van der Waals surface area contributed by atoms with E-state index >= 15 is 0 Å². The number of fused-ring (bicyclic) bond motifs is 3. The first-order valence-corrected chi connectivity index (χ1v) is 9.45. The van der Waals surface area contributed by atoms with Crippen LogP contribution in [0.5, 0.6) is 0 Å². The number of benzene rings is 3. The van der Waals surface area contributed by atoms with Crippen molar-refractivity contribution in [2.75, 3.05) is 26.2 Å². The lowest BCUT2D eigenvalue weighted by atomic mass is 9.90. The highest BCUT2D eigenvalue weighted by atomic mass is 35.5. The molecule has 0 spiro atoms. The SMILES string of the molecule is Cl.FC(F)(F)CC[C@@H](c1cc2ccccc2c2ccccc12)N1CCNCC1. The third-order valence-corrected chi connectivity index (χ3v) is 5.45. The first kappa shape index (κ1) is 20.9. The highest BCUT2D eigenvalue weighted by Crippen LogP contribution is 2.38. The van der Waals surface area contributed by atoms with Crippen molar-refractivity contribution in [1.29, 1.82) is 0 Å².